The summed E-state index contributed by atoms with van der Waals surface area (Å²) in [6, 6.07) is 8.06. The molecule has 0 radical (unpaired) electrons. The van der Waals surface area contributed by atoms with Crippen LogP contribution in [-0.4, -0.2) is 36.7 Å². The monoisotopic (exact) mass is 298 g/mol. The van der Waals surface area contributed by atoms with Crippen molar-refractivity contribution in [3.05, 3.63) is 35.4 Å². The molecule has 1 aromatic carbocycles. The van der Waals surface area contributed by atoms with Crippen LogP contribution in [0.3, 0.4) is 0 Å². The number of benzene rings is 1. The van der Waals surface area contributed by atoms with Crippen LogP contribution in [0.15, 0.2) is 24.3 Å². The molecule has 0 aliphatic heterocycles. The summed E-state index contributed by atoms with van der Waals surface area (Å²) in [7, 11) is 2.14. The standard InChI is InChI=1S/C14H26N2O3Si/c1-6-16-14(15)13-10-8-7-9-12(13)11(2)20(17-3,18-4)19-5/h7-11,14,16H,6,15H2,1-5H3. The lowest BCUT2D eigenvalue weighted by atomic mass is 10.0. The molecule has 0 saturated heterocycles. The van der Waals surface area contributed by atoms with Gasteiger partial charge in [0.1, 0.15) is 0 Å². The van der Waals surface area contributed by atoms with Gasteiger partial charge < -0.3 is 19.0 Å². The Morgan fingerprint density at radius 2 is 1.60 bits per heavy atom. The van der Waals surface area contributed by atoms with Crippen LogP contribution in [0.2, 0.25) is 0 Å². The van der Waals surface area contributed by atoms with Gasteiger partial charge in [0.05, 0.1) is 11.7 Å². The van der Waals surface area contributed by atoms with Crippen LogP contribution in [0.4, 0.5) is 0 Å². The molecule has 0 amide bonds. The number of nitrogens with two attached hydrogens (primary N) is 1. The third-order valence-electron chi connectivity index (χ3n) is 3.61. The zero-order valence-electron chi connectivity index (χ0n) is 13.0. The molecule has 0 aromatic heterocycles. The predicted octanol–water partition coefficient (Wildman–Crippen LogP) is 1.77. The summed E-state index contributed by atoms with van der Waals surface area (Å²) < 4.78 is 16.7. The summed E-state index contributed by atoms with van der Waals surface area (Å²) in [6.45, 7) is 4.90. The Bertz CT molecular complexity index is 405. The molecular formula is C14H26N2O3Si. The Morgan fingerprint density at radius 1 is 1.10 bits per heavy atom. The van der Waals surface area contributed by atoms with Gasteiger partial charge in [-0.25, -0.2) is 0 Å². The van der Waals surface area contributed by atoms with Crippen molar-refractivity contribution in [2.45, 2.75) is 25.6 Å². The van der Waals surface area contributed by atoms with Gasteiger partial charge in [0.25, 0.3) is 0 Å². The first kappa shape index (κ1) is 17.3. The summed E-state index contributed by atoms with van der Waals surface area (Å²) >= 11 is 0. The maximum absolute atomic E-state index is 6.19. The maximum Gasteiger partial charge on any atom is 0.507 e. The average Bonchev–Trinajstić information content (AvgIpc) is 2.49. The van der Waals surface area contributed by atoms with E-state index in [1.165, 1.54) is 0 Å². The second-order valence-electron chi connectivity index (χ2n) is 4.60. The highest BCUT2D eigenvalue weighted by molar-refractivity contribution is 6.62. The first-order valence-electron chi connectivity index (χ1n) is 6.79. The highest BCUT2D eigenvalue weighted by atomic mass is 28.4. The largest absolute Gasteiger partial charge is 0.507 e. The smallest absolute Gasteiger partial charge is 0.376 e. The minimum Gasteiger partial charge on any atom is -0.376 e. The molecule has 0 heterocycles. The van der Waals surface area contributed by atoms with Crippen LogP contribution in [-0.2, 0) is 13.3 Å². The normalized spacial score (nSPS) is 15.1. The lowest BCUT2D eigenvalue weighted by molar-refractivity contribution is 0.114. The molecule has 114 valence electrons. The van der Waals surface area contributed by atoms with Gasteiger partial charge in [-0.2, -0.15) is 0 Å². The molecule has 20 heavy (non-hydrogen) atoms. The average molecular weight is 298 g/mol. The molecule has 0 aliphatic carbocycles. The number of rotatable bonds is 8. The van der Waals surface area contributed by atoms with Gasteiger partial charge in [0.2, 0.25) is 0 Å². The van der Waals surface area contributed by atoms with Crippen molar-refractivity contribution in [3.8, 4) is 0 Å². The van der Waals surface area contributed by atoms with Crippen LogP contribution in [0.5, 0.6) is 0 Å². The molecule has 5 nitrogen and oxygen atoms in total. The lowest BCUT2D eigenvalue weighted by Gasteiger charge is -2.32. The van der Waals surface area contributed by atoms with Crippen molar-refractivity contribution in [1.82, 2.24) is 5.32 Å². The van der Waals surface area contributed by atoms with Crippen molar-refractivity contribution in [1.29, 1.82) is 0 Å². The Hall–Kier alpha value is -0.763. The van der Waals surface area contributed by atoms with Gasteiger partial charge in [0.15, 0.2) is 0 Å². The summed E-state index contributed by atoms with van der Waals surface area (Å²) in [4.78, 5) is 0. The summed E-state index contributed by atoms with van der Waals surface area (Å²) in [5.41, 5.74) is 8.34. The molecule has 3 N–H and O–H groups in total. The lowest BCUT2D eigenvalue weighted by Crippen LogP contribution is -2.49. The first-order chi connectivity index (χ1) is 9.56. The molecule has 0 bridgehead atoms. The third-order valence-corrected chi connectivity index (χ3v) is 6.68. The van der Waals surface area contributed by atoms with E-state index < -0.39 is 8.80 Å². The van der Waals surface area contributed by atoms with Crippen LogP contribution >= 0.6 is 0 Å². The van der Waals surface area contributed by atoms with Gasteiger partial charge in [-0.15, -0.1) is 0 Å². The minimum atomic E-state index is -2.75. The van der Waals surface area contributed by atoms with E-state index >= 15 is 0 Å². The first-order valence-corrected chi connectivity index (χ1v) is 8.59. The van der Waals surface area contributed by atoms with E-state index in [-0.39, 0.29) is 11.7 Å². The van der Waals surface area contributed by atoms with Crippen LogP contribution in [0.1, 0.15) is 36.7 Å². The van der Waals surface area contributed by atoms with E-state index in [1.807, 2.05) is 25.1 Å². The minimum absolute atomic E-state index is 0.00315. The molecule has 0 aliphatic rings. The fourth-order valence-corrected chi connectivity index (χ4v) is 4.69. The van der Waals surface area contributed by atoms with E-state index in [4.69, 9.17) is 19.0 Å². The van der Waals surface area contributed by atoms with Gasteiger partial charge >= 0.3 is 8.80 Å². The fourth-order valence-electron chi connectivity index (χ4n) is 2.49. The van der Waals surface area contributed by atoms with Gasteiger partial charge in [0, 0.05) is 21.3 Å². The molecule has 2 atom stereocenters. The van der Waals surface area contributed by atoms with Crippen molar-refractivity contribution in [3.63, 3.8) is 0 Å². The zero-order chi connectivity index (χ0) is 15.2. The second-order valence-corrected chi connectivity index (χ2v) is 7.90. The van der Waals surface area contributed by atoms with Gasteiger partial charge in [-0.1, -0.05) is 38.1 Å². The number of hydrogen-bond donors (Lipinski definition) is 2. The third kappa shape index (κ3) is 3.46. The van der Waals surface area contributed by atoms with Crippen molar-refractivity contribution in [2.75, 3.05) is 27.9 Å². The van der Waals surface area contributed by atoms with E-state index in [2.05, 4.69) is 18.3 Å². The van der Waals surface area contributed by atoms with Crippen LogP contribution in [0, 0.1) is 0 Å². The Morgan fingerprint density at radius 3 is 2.05 bits per heavy atom. The second kappa shape index (κ2) is 7.87. The van der Waals surface area contributed by atoms with Crippen molar-refractivity contribution >= 4 is 8.80 Å². The summed E-state index contributed by atoms with van der Waals surface area (Å²) in [5, 5.41) is 3.23. The molecule has 0 fully saturated rings. The number of hydrogen-bond acceptors (Lipinski definition) is 5. The Kier molecular flexibility index (Phi) is 6.80. The summed E-state index contributed by atoms with van der Waals surface area (Å²) in [6.07, 6.45) is -0.212. The van der Waals surface area contributed by atoms with Crippen molar-refractivity contribution < 1.29 is 13.3 Å². The molecule has 1 rings (SSSR count). The summed E-state index contributed by atoms with van der Waals surface area (Å²) in [5.74, 6) is 0. The quantitative estimate of drug-likeness (QED) is 0.566. The highest BCUT2D eigenvalue weighted by Crippen LogP contribution is 2.32. The van der Waals surface area contributed by atoms with Crippen molar-refractivity contribution in [2.24, 2.45) is 5.73 Å². The highest BCUT2D eigenvalue weighted by Gasteiger charge is 2.46. The molecule has 2 unspecified atom stereocenters. The van der Waals surface area contributed by atoms with Crippen LogP contribution < -0.4 is 11.1 Å². The Balaban J connectivity index is 3.18. The zero-order valence-corrected chi connectivity index (χ0v) is 14.0. The van der Waals surface area contributed by atoms with Gasteiger partial charge in [-0.3, -0.25) is 5.32 Å². The van der Waals surface area contributed by atoms with E-state index in [0.29, 0.717) is 0 Å². The molecule has 1 aromatic rings. The molecule has 0 saturated carbocycles. The van der Waals surface area contributed by atoms with E-state index in [1.54, 1.807) is 21.3 Å². The maximum atomic E-state index is 6.19. The topological polar surface area (TPSA) is 65.7 Å². The Labute approximate surface area is 122 Å². The van der Waals surface area contributed by atoms with Gasteiger partial charge in [-0.05, 0) is 17.7 Å². The SMILES string of the molecule is CCNC(N)c1ccccc1C(C)[Si](OC)(OC)OC. The van der Waals surface area contributed by atoms with E-state index in [0.717, 1.165) is 17.7 Å². The van der Waals surface area contributed by atoms with E-state index in [9.17, 15) is 0 Å². The van der Waals surface area contributed by atoms with Crippen LogP contribution in [0.25, 0.3) is 0 Å². The predicted molar refractivity (Wildman–Crippen MR) is 82.2 cm³/mol. The molecule has 6 heteroatoms. The molecular weight excluding hydrogens is 272 g/mol. The molecule has 0 spiro atoms. The fraction of sp³-hybridized carbons (Fsp3) is 0.571. The number of nitrogens with one attached hydrogen (secondary N) is 1.